The van der Waals surface area contributed by atoms with Crippen LogP contribution in [0.4, 0.5) is 0 Å². The van der Waals surface area contributed by atoms with E-state index in [1.54, 1.807) is 7.05 Å². The minimum absolute atomic E-state index is 0.0612. The molecule has 4 fully saturated rings. The lowest BCUT2D eigenvalue weighted by Crippen LogP contribution is -2.58. The second-order valence-corrected chi connectivity index (χ2v) is 11.2. The fraction of sp³-hybridized carbons (Fsp3) is 0.640. The number of nitrogens with zero attached hydrogens (tertiary/aromatic N) is 1. The highest BCUT2D eigenvalue weighted by atomic mass is 79.9. The van der Waals surface area contributed by atoms with Crippen LogP contribution in [0, 0.1) is 11.8 Å². The Bertz CT molecular complexity index is 955. The Morgan fingerprint density at radius 1 is 1.21 bits per heavy atom. The van der Waals surface area contributed by atoms with E-state index in [1.807, 2.05) is 30.3 Å². The van der Waals surface area contributed by atoms with Crippen LogP contribution in [0.15, 0.2) is 30.3 Å². The largest absolute Gasteiger partial charge is 0.394 e. The lowest BCUT2D eigenvalue weighted by Gasteiger charge is -2.38. The highest BCUT2D eigenvalue weighted by Crippen LogP contribution is 2.61. The van der Waals surface area contributed by atoms with Gasteiger partial charge < -0.3 is 25.4 Å². The van der Waals surface area contributed by atoms with Crippen LogP contribution in [-0.2, 0) is 19.1 Å². The maximum atomic E-state index is 14.0. The molecule has 3 amide bonds. The Morgan fingerprint density at radius 3 is 2.56 bits per heavy atom. The van der Waals surface area contributed by atoms with Gasteiger partial charge in [0.25, 0.3) is 0 Å². The van der Waals surface area contributed by atoms with Crippen LogP contribution in [0.3, 0.4) is 0 Å². The van der Waals surface area contributed by atoms with Crippen molar-refractivity contribution in [3.05, 3.63) is 35.9 Å². The average molecular weight is 534 g/mol. The van der Waals surface area contributed by atoms with Crippen LogP contribution in [0.2, 0.25) is 0 Å². The molecule has 3 aliphatic heterocycles. The molecule has 5 rings (SSSR count). The van der Waals surface area contributed by atoms with Crippen molar-refractivity contribution >= 4 is 33.7 Å². The minimum Gasteiger partial charge on any atom is -0.394 e. The summed E-state index contributed by atoms with van der Waals surface area (Å²) in [4.78, 5) is 42.2. The Kier molecular flexibility index (Phi) is 6.46. The molecule has 1 saturated carbocycles. The van der Waals surface area contributed by atoms with Gasteiger partial charge in [-0.2, -0.15) is 0 Å². The molecule has 2 bridgehead atoms. The van der Waals surface area contributed by atoms with Gasteiger partial charge in [0.15, 0.2) is 0 Å². The maximum absolute atomic E-state index is 14.0. The van der Waals surface area contributed by atoms with E-state index >= 15 is 0 Å². The maximum Gasteiger partial charge on any atom is 0.246 e. The van der Waals surface area contributed by atoms with Crippen LogP contribution in [-0.4, -0.2) is 70.0 Å². The first-order valence-corrected chi connectivity index (χ1v) is 13.2. The first kappa shape index (κ1) is 23.8. The zero-order chi connectivity index (χ0) is 24.0. The van der Waals surface area contributed by atoms with Gasteiger partial charge in [-0.1, -0.05) is 65.5 Å². The minimum atomic E-state index is -1.12. The number of likely N-dealkylation sites (tertiary alicyclic amines) is 1. The van der Waals surface area contributed by atoms with Crippen molar-refractivity contribution in [2.45, 2.75) is 73.2 Å². The smallest absolute Gasteiger partial charge is 0.246 e. The number of ether oxygens (including phenoxy) is 1. The third-order valence-corrected chi connectivity index (χ3v) is 9.01. The molecule has 3 heterocycles. The van der Waals surface area contributed by atoms with E-state index < -0.39 is 35.6 Å². The van der Waals surface area contributed by atoms with Gasteiger partial charge in [0.1, 0.15) is 11.6 Å². The van der Waals surface area contributed by atoms with E-state index in [2.05, 4.69) is 26.6 Å². The van der Waals surface area contributed by atoms with Crippen molar-refractivity contribution in [3.8, 4) is 0 Å². The number of rotatable bonds is 6. The summed E-state index contributed by atoms with van der Waals surface area (Å²) >= 11 is 3.66. The van der Waals surface area contributed by atoms with E-state index in [9.17, 15) is 19.5 Å². The first-order chi connectivity index (χ1) is 16.4. The predicted molar refractivity (Wildman–Crippen MR) is 128 cm³/mol. The molecule has 1 aliphatic carbocycles. The van der Waals surface area contributed by atoms with Crippen LogP contribution < -0.4 is 10.6 Å². The number of nitrogens with one attached hydrogen (secondary N) is 2. The van der Waals surface area contributed by atoms with Gasteiger partial charge in [-0.25, -0.2) is 0 Å². The lowest BCUT2D eigenvalue weighted by molar-refractivity contribution is -0.146. The van der Waals surface area contributed by atoms with E-state index in [-0.39, 0.29) is 35.2 Å². The van der Waals surface area contributed by atoms with Gasteiger partial charge in [-0.15, -0.1) is 0 Å². The fourth-order valence-electron chi connectivity index (χ4n) is 6.73. The molecule has 0 radical (unpaired) electrons. The second-order valence-electron chi connectivity index (χ2n) is 9.98. The highest BCUT2D eigenvalue weighted by molar-refractivity contribution is 9.09. The zero-order valence-electron chi connectivity index (χ0n) is 19.3. The number of aliphatic hydroxyl groups excluding tert-OH is 1. The Morgan fingerprint density at radius 2 is 1.91 bits per heavy atom. The van der Waals surface area contributed by atoms with Crippen molar-refractivity contribution in [2.24, 2.45) is 11.8 Å². The van der Waals surface area contributed by atoms with E-state index in [1.165, 1.54) is 4.90 Å². The number of benzene rings is 1. The normalized spacial score (nSPS) is 35.8. The van der Waals surface area contributed by atoms with E-state index in [0.717, 1.165) is 37.7 Å². The van der Waals surface area contributed by atoms with Crippen molar-refractivity contribution in [1.82, 2.24) is 15.5 Å². The summed E-state index contributed by atoms with van der Waals surface area (Å²) in [6, 6.07) is 7.67. The molecule has 8 nitrogen and oxygen atoms in total. The molecule has 3 unspecified atom stereocenters. The number of halogens is 1. The third-order valence-electron chi connectivity index (χ3n) is 8.17. The summed E-state index contributed by atoms with van der Waals surface area (Å²) in [7, 11) is 1.55. The van der Waals surface area contributed by atoms with Gasteiger partial charge in [0.05, 0.1) is 30.6 Å². The molecule has 184 valence electrons. The topological polar surface area (TPSA) is 108 Å². The van der Waals surface area contributed by atoms with Crippen molar-refractivity contribution in [2.75, 3.05) is 13.7 Å². The lowest BCUT2D eigenvalue weighted by atomic mass is 9.70. The number of hydrogen-bond acceptors (Lipinski definition) is 5. The molecule has 1 aromatic rings. The van der Waals surface area contributed by atoms with Gasteiger partial charge in [0.2, 0.25) is 17.7 Å². The number of carbonyl (C=O) groups is 3. The third kappa shape index (κ3) is 3.58. The van der Waals surface area contributed by atoms with Crippen LogP contribution in [0.25, 0.3) is 0 Å². The number of alkyl halides is 1. The summed E-state index contributed by atoms with van der Waals surface area (Å²) in [5, 5.41) is 16.3. The van der Waals surface area contributed by atoms with Gasteiger partial charge in [-0.05, 0) is 24.8 Å². The zero-order valence-corrected chi connectivity index (χ0v) is 20.9. The average Bonchev–Trinajstić information content (AvgIpc) is 3.44. The molecule has 3 N–H and O–H groups in total. The Balaban J connectivity index is 1.57. The Hall–Kier alpha value is -1.97. The molecule has 1 spiro atoms. The van der Waals surface area contributed by atoms with Crippen molar-refractivity contribution in [1.29, 1.82) is 0 Å². The van der Waals surface area contributed by atoms with Gasteiger partial charge in [0, 0.05) is 17.9 Å². The van der Waals surface area contributed by atoms with Crippen molar-refractivity contribution in [3.63, 3.8) is 0 Å². The van der Waals surface area contributed by atoms with Crippen LogP contribution in [0.1, 0.15) is 50.1 Å². The monoisotopic (exact) mass is 533 g/mol. The Labute approximate surface area is 207 Å². The first-order valence-electron chi connectivity index (χ1n) is 12.2. The summed E-state index contributed by atoms with van der Waals surface area (Å²) in [5.41, 5.74) is -0.375. The summed E-state index contributed by atoms with van der Waals surface area (Å²) in [6.07, 6.45) is 5.09. The molecular formula is C25H32BrN3O5. The molecule has 3 saturated heterocycles. The highest BCUT2D eigenvalue weighted by Gasteiger charge is 2.77. The number of aliphatic hydroxyl groups is 1. The van der Waals surface area contributed by atoms with E-state index in [0.29, 0.717) is 6.42 Å². The molecule has 7 atom stereocenters. The van der Waals surface area contributed by atoms with E-state index in [4.69, 9.17) is 4.74 Å². The summed E-state index contributed by atoms with van der Waals surface area (Å²) in [5.74, 6) is -2.29. The van der Waals surface area contributed by atoms with Crippen molar-refractivity contribution < 1.29 is 24.2 Å². The molecule has 34 heavy (non-hydrogen) atoms. The molecule has 1 aromatic carbocycles. The molecule has 4 aliphatic rings. The van der Waals surface area contributed by atoms with Gasteiger partial charge in [-0.3, -0.25) is 14.4 Å². The second kappa shape index (κ2) is 9.24. The predicted octanol–water partition coefficient (Wildman–Crippen LogP) is 1.66. The van der Waals surface area contributed by atoms with Gasteiger partial charge >= 0.3 is 0 Å². The van der Waals surface area contributed by atoms with Crippen LogP contribution in [0.5, 0.6) is 0 Å². The summed E-state index contributed by atoms with van der Waals surface area (Å²) < 4.78 is 6.47. The number of fused-ring (bicyclic) bond motifs is 1. The number of amides is 3. The molecule has 0 aromatic heterocycles. The summed E-state index contributed by atoms with van der Waals surface area (Å²) in [6.45, 7) is -0.336. The van der Waals surface area contributed by atoms with Crippen LogP contribution >= 0.6 is 15.9 Å². The number of hydrogen-bond donors (Lipinski definition) is 3. The SMILES string of the molecule is CNC(=O)[C@H]1[C@H]2C(=O)N([C@H](CO)c3ccccc3)C(C(=O)NC3CCCCC3)C23CC(Br)[C@@H]1O3. The molecule has 9 heteroatoms. The molecular weight excluding hydrogens is 502 g/mol. The fourth-order valence-corrected chi connectivity index (χ4v) is 7.67. The standard InChI is InChI=1S/C25H32BrN3O5/c1-27-22(31)18-19-24(33)29(17(13-30)14-8-4-2-5-9-14)21(25(19)12-16(26)20(18)34-25)23(32)28-15-10-6-3-7-11-15/h2,4-5,8-9,15-21,30H,3,6-7,10-13H2,1H3,(H,27,31)(H,28,32)/t16?,17-,18+,19+,20+,21?,25?/m1/s1. The quantitative estimate of drug-likeness (QED) is 0.482. The number of carbonyl (C=O) groups excluding carboxylic acids is 3.